The van der Waals surface area contributed by atoms with E-state index in [1.165, 1.54) is 4.57 Å². The molecule has 0 radical (unpaired) electrons. The number of alkyl halides is 3. The Kier molecular flexibility index (Phi) is 4.02. The van der Waals surface area contributed by atoms with Gasteiger partial charge in [0.05, 0.1) is 0 Å². The van der Waals surface area contributed by atoms with Crippen molar-refractivity contribution < 1.29 is 19.4 Å². The van der Waals surface area contributed by atoms with Crippen LogP contribution in [0.5, 0.6) is 0 Å². The molecule has 140 valence electrons. The molecule has 4 heterocycles. The molecule has 7 nitrogen and oxygen atoms in total. The predicted octanol–water partition coefficient (Wildman–Crippen LogP) is 2.90. The molecule has 0 fully saturated rings. The third-order valence-corrected chi connectivity index (χ3v) is 4.00. The molecule has 4 aromatic heterocycles. The lowest BCUT2D eigenvalue weighted by atomic mass is 10.2. The molecule has 0 bridgehead atoms. The maximum absolute atomic E-state index is 12.2. The second-order valence-corrected chi connectivity index (χ2v) is 5.91. The lowest BCUT2D eigenvalue weighted by Crippen LogP contribution is -2.35. The summed E-state index contributed by atoms with van der Waals surface area (Å²) in [5, 5.41) is 3.38. The molecule has 0 aromatic carbocycles. The first-order valence-corrected chi connectivity index (χ1v) is 7.98. The Balaban J connectivity index is 0.00000225. The Hall–Kier alpha value is -3.43. The molecule has 0 aliphatic heterocycles. The molecule has 10 heteroatoms. The summed E-state index contributed by atoms with van der Waals surface area (Å²) in [6.45, 7) is -1.64. The molecule has 0 saturated heterocycles. The van der Waals surface area contributed by atoms with Gasteiger partial charge in [0.1, 0.15) is 24.4 Å². The Labute approximate surface area is 151 Å². The van der Waals surface area contributed by atoms with E-state index in [1.54, 1.807) is 36.9 Å². The van der Waals surface area contributed by atoms with E-state index in [1.807, 2.05) is 11.4 Å². The smallest absolute Gasteiger partial charge is 0.346 e. The van der Waals surface area contributed by atoms with Gasteiger partial charge >= 0.3 is 6.18 Å². The Morgan fingerprint density at radius 3 is 2.93 bits per heavy atom. The number of nitrogens with one attached hydrogen (secondary N) is 2. The summed E-state index contributed by atoms with van der Waals surface area (Å²) in [4.78, 5) is 27.9. The minimum absolute atomic E-state index is 0. The lowest BCUT2D eigenvalue weighted by molar-refractivity contribution is -0.138. The Morgan fingerprint density at radius 2 is 2.11 bits per heavy atom. The van der Waals surface area contributed by atoms with Crippen molar-refractivity contribution in [1.82, 2.24) is 29.8 Å². The molecule has 0 atom stereocenters. The Morgan fingerprint density at radius 1 is 1.26 bits per heavy atom. The van der Waals surface area contributed by atoms with Gasteiger partial charge in [-0.05, 0) is 18.2 Å². The zero-order valence-electron chi connectivity index (χ0n) is 13.8. The van der Waals surface area contributed by atoms with Crippen molar-refractivity contribution in [1.29, 1.82) is 0 Å². The molecule has 0 saturated carbocycles. The van der Waals surface area contributed by atoms with E-state index in [2.05, 4.69) is 19.9 Å². The van der Waals surface area contributed by atoms with Gasteiger partial charge in [0.15, 0.2) is 5.82 Å². The second kappa shape index (κ2) is 6.38. The van der Waals surface area contributed by atoms with Gasteiger partial charge in [-0.2, -0.15) is 13.2 Å². The summed E-state index contributed by atoms with van der Waals surface area (Å²) < 4.78 is 38.2. The van der Waals surface area contributed by atoms with Crippen LogP contribution < -0.4 is 5.32 Å². The average molecular weight is 376 g/mol. The third-order valence-electron chi connectivity index (χ3n) is 4.00. The van der Waals surface area contributed by atoms with Crippen LogP contribution in [0.1, 0.15) is 1.43 Å². The number of carbonyl (C=O) groups excluding carboxylic acids is 1. The Bertz CT molecular complexity index is 1140. The molecule has 0 aliphatic carbocycles. The van der Waals surface area contributed by atoms with Crippen LogP contribution in [-0.2, 0) is 11.3 Å². The number of amides is 1. The van der Waals surface area contributed by atoms with Crippen molar-refractivity contribution in [2.24, 2.45) is 0 Å². The van der Waals surface area contributed by atoms with Crippen LogP contribution in [-0.4, -0.2) is 43.1 Å². The number of aromatic amines is 1. The molecular formula is C17H15F3N6O. The quantitative estimate of drug-likeness (QED) is 0.573. The highest BCUT2D eigenvalue weighted by Crippen LogP contribution is 2.25. The number of rotatable bonds is 4. The monoisotopic (exact) mass is 376 g/mol. The highest BCUT2D eigenvalue weighted by atomic mass is 19.4. The lowest BCUT2D eigenvalue weighted by Gasteiger charge is -2.09. The first-order chi connectivity index (χ1) is 12.9. The van der Waals surface area contributed by atoms with Gasteiger partial charge < -0.3 is 14.9 Å². The van der Waals surface area contributed by atoms with Gasteiger partial charge in [0, 0.05) is 42.5 Å². The van der Waals surface area contributed by atoms with E-state index >= 15 is 0 Å². The van der Waals surface area contributed by atoms with Crippen molar-refractivity contribution in [2.45, 2.75) is 12.7 Å². The van der Waals surface area contributed by atoms with Crippen LogP contribution in [0.3, 0.4) is 0 Å². The number of hydrogen-bond donors (Lipinski definition) is 2. The minimum atomic E-state index is -4.45. The number of aromatic nitrogens is 5. The largest absolute Gasteiger partial charge is 0.405 e. The molecule has 2 N–H and O–H groups in total. The van der Waals surface area contributed by atoms with Gasteiger partial charge in [0.25, 0.3) is 0 Å². The summed E-state index contributed by atoms with van der Waals surface area (Å²) in [7, 11) is 0. The third kappa shape index (κ3) is 3.46. The highest BCUT2D eigenvalue weighted by molar-refractivity contribution is 5.92. The van der Waals surface area contributed by atoms with Crippen molar-refractivity contribution >= 4 is 28.0 Å². The second-order valence-electron chi connectivity index (χ2n) is 5.91. The fourth-order valence-electron chi connectivity index (χ4n) is 2.79. The normalized spacial score (nSPS) is 12.0. The number of fused-ring (bicyclic) bond motifs is 2. The van der Waals surface area contributed by atoms with E-state index in [4.69, 9.17) is 0 Å². The van der Waals surface area contributed by atoms with Gasteiger partial charge in [-0.3, -0.25) is 4.79 Å². The summed E-state index contributed by atoms with van der Waals surface area (Å²) >= 11 is 0. The zero-order valence-corrected chi connectivity index (χ0v) is 13.8. The highest BCUT2D eigenvalue weighted by Gasteiger charge is 2.27. The average Bonchev–Trinajstić information content (AvgIpc) is 3.26. The summed E-state index contributed by atoms with van der Waals surface area (Å²) in [6.07, 6.45) is 2.14. The van der Waals surface area contributed by atoms with Gasteiger partial charge in [-0.15, -0.1) is 0 Å². The summed E-state index contributed by atoms with van der Waals surface area (Å²) in [6, 6.07) is 5.34. The van der Waals surface area contributed by atoms with Crippen LogP contribution in [0, 0.1) is 0 Å². The number of hydrogen-bond acceptors (Lipinski definition) is 4. The van der Waals surface area contributed by atoms with E-state index in [0.717, 1.165) is 10.9 Å². The molecular weight excluding hydrogens is 361 g/mol. The van der Waals surface area contributed by atoms with Gasteiger partial charge in [0.2, 0.25) is 5.91 Å². The number of pyridine rings is 1. The first kappa shape index (κ1) is 17.0. The van der Waals surface area contributed by atoms with Crippen molar-refractivity contribution in [3.63, 3.8) is 0 Å². The van der Waals surface area contributed by atoms with Gasteiger partial charge in [-0.1, -0.05) is 0 Å². The number of nitrogens with zero attached hydrogens (tertiary/aromatic N) is 4. The first-order valence-electron chi connectivity index (χ1n) is 7.98. The summed E-state index contributed by atoms with van der Waals surface area (Å²) in [5.41, 5.74) is 1.91. The molecule has 0 aliphatic rings. The molecule has 4 rings (SSSR count). The fraction of sp³-hybridized carbons (Fsp3) is 0.176. The topological polar surface area (TPSA) is 88.5 Å². The number of carbonyl (C=O) groups is 1. The van der Waals surface area contributed by atoms with Gasteiger partial charge in [-0.25, -0.2) is 15.0 Å². The van der Waals surface area contributed by atoms with E-state index in [-0.39, 0.29) is 7.97 Å². The fourth-order valence-corrected chi connectivity index (χ4v) is 2.79. The van der Waals surface area contributed by atoms with E-state index in [0.29, 0.717) is 22.5 Å². The maximum atomic E-state index is 12.2. The zero-order chi connectivity index (χ0) is 19.0. The SMILES string of the molecule is O=C(Cn1ccc2cnc(-c3ccnc4[nH]ccc34)nc21)NCC(F)(F)F.[HH]. The molecule has 0 spiro atoms. The maximum Gasteiger partial charge on any atom is 0.405 e. The molecule has 1 amide bonds. The van der Waals surface area contributed by atoms with Crippen molar-refractivity contribution in [3.05, 3.63) is 43.0 Å². The minimum Gasteiger partial charge on any atom is -0.346 e. The number of halogens is 3. The van der Waals surface area contributed by atoms with Crippen molar-refractivity contribution in [3.8, 4) is 11.4 Å². The van der Waals surface area contributed by atoms with Crippen LogP contribution >= 0.6 is 0 Å². The molecule has 27 heavy (non-hydrogen) atoms. The van der Waals surface area contributed by atoms with Crippen LogP contribution in [0.2, 0.25) is 0 Å². The van der Waals surface area contributed by atoms with Crippen molar-refractivity contribution in [2.75, 3.05) is 6.54 Å². The van der Waals surface area contributed by atoms with Crippen LogP contribution in [0.15, 0.2) is 43.0 Å². The predicted molar refractivity (Wildman–Crippen MR) is 93.8 cm³/mol. The molecule has 4 aromatic rings. The standard InChI is InChI=1S/C17H13F3N6O.H2/c18-17(19,20)9-24-13(27)8-26-6-3-10-7-23-15(25-16(10)26)12-2-5-22-14-11(12)1-4-21-14;/h1-7H,8-9H2,(H,21,22)(H,24,27);1H. The number of H-pyrrole nitrogens is 1. The summed E-state index contributed by atoms with van der Waals surface area (Å²) in [5.74, 6) is -0.313. The molecule has 0 unspecified atom stereocenters. The van der Waals surface area contributed by atoms with E-state index in [9.17, 15) is 18.0 Å². The van der Waals surface area contributed by atoms with Crippen LogP contribution in [0.25, 0.3) is 33.5 Å². The van der Waals surface area contributed by atoms with E-state index < -0.39 is 18.6 Å². The van der Waals surface area contributed by atoms with Crippen LogP contribution in [0.4, 0.5) is 13.2 Å².